The second-order valence-corrected chi connectivity index (χ2v) is 5.64. The fraction of sp³-hybridized carbons (Fsp3) is 0.800. The lowest BCUT2D eigenvalue weighted by molar-refractivity contribution is 0.580. The molecule has 0 unspecified atom stereocenters. The van der Waals surface area contributed by atoms with Crippen LogP contribution in [0.1, 0.15) is 39.0 Å². The Labute approximate surface area is 86.6 Å². The number of sulfonamides is 1. The van der Waals surface area contributed by atoms with E-state index in [0.29, 0.717) is 13.0 Å². The molecule has 0 aliphatic heterocycles. The van der Waals surface area contributed by atoms with Crippen molar-refractivity contribution >= 4 is 10.0 Å². The number of rotatable bonds is 6. The van der Waals surface area contributed by atoms with E-state index in [0.717, 1.165) is 19.3 Å². The lowest BCUT2D eigenvalue weighted by atomic mass is 10.2. The van der Waals surface area contributed by atoms with Crippen molar-refractivity contribution in [3.63, 3.8) is 0 Å². The molecule has 1 aliphatic rings. The zero-order valence-corrected chi connectivity index (χ0v) is 9.57. The number of hydrogen-bond donors (Lipinski definition) is 1. The van der Waals surface area contributed by atoms with Gasteiger partial charge in [0, 0.05) is 6.54 Å². The van der Waals surface area contributed by atoms with E-state index in [1.807, 2.05) is 6.92 Å². The van der Waals surface area contributed by atoms with Gasteiger partial charge in [-0.1, -0.05) is 18.6 Å². The van der Waals surface area contributed by atoms with E-state index in [1.165, 1.54) is 12.0 Å². The summed E-state index contributed by atoms with van der Waals surface area (Å²) in [4.78, 5) is 0. The highest BCUT2D eigenvalue weighted by atomic mass is 32.2. The molecule has 0 saturated carbocycles. The SMILES string of the molecule is CCCS(=O)(=O)NCCC1=CCCC1. The van der Waals surface area contributed by atoms with E-state index >= 15 is 0 Å². The van der Waals surface area contributed by atoms with Crippen LogP contribution in [0.15, 0.2) is 11.6 Å². The molecular formula is C10H19NO2S. The first kappa shape index (κ1) is 11.7. The normalized spacial score (nSPS) is 17.1. The third kappa shape index (κ3) is 4.24. The molecule has 0 radical (unpaired) electrons. The van der Waals surface area contributed by atoms with E-state index in [9.17, 15) is 8.42 Å². The molecule has 0 amide bonds. The Morgan fingerprint density at radius 2 is 2.29 bits per heavy atom. The summed E-state index contributed by atoms with van der Waals surface area (Å²) in [7, 11) is -3.00. The van der Waals surface area contributed by atoms with Crippen molar-refractivity contribution in [2.45, 2.75) is 39.0 Å². The summed E-state index contributed by atoms with van der Waals surface area (Å²) in [6.07, 6.45) is 7.33. The van der Waals surface area contributed by atoms with Crippen LogP contribution in [0.4, 0.5) is 0 Å². The largest absolute Gasteiger partial charge is 0.215 e. The Bertz CT molecular complexity index is 293. The Hall–Kier alpha value is -0.350. The number of hydrogen-bond acceptors (Lipinski definition) is 2. The highest BCUT2D eigenvalue weighted by molar-refractivity contribution is 7.89. The summed E-state index contributed by atoms with van der Waals surface area (Å²) >= 11 is 0. The van der Waals surface area contributed by atoms with Crippen LogP contribution in [-0.2, 0) is 10.0 Å². The molecule has 14 heavy (non-hydrogen) atoms. The number of allylic oxidation sites excluding steroid dienone is 1. The van der Waals surface area contributed by atoms with Gasteiger partial charge >= 0.3 is 0 Å². The zero-order valence-electron chi connectivity index (χ0n) is 8.75. The Balaban J connectivity index is 2.20. The molecular weight excluding hydrogens is 198 g/mol. The summed E-state index contributed by atoms with van der Waals surface area (Å²) in [6, 6.07) is 0. The quantitative estimate of drug-likeness (QED) is 0.690. The third-order valence-electron chi connectivity index (χ3n) is 2.38. The van der Waals surface area contributed by atoms with Gasteiger partial charge in [-0.15, -0.1) is 0 Å². The van der Waals surface area contributed by atoms with E-state index in [2.05, 4.69) is 10.8 Å². The van der Waals surface area contributed by atoms with Crippen LogP contribution in [0.2, 0.25) is 0 Å². The maximum Gasteiger partial charge on any atom is 0.211 e. The first-order chi connectivity index (χ1) is 6.64. The fourth-order valence-corrected chi connectivity index (χ4v) is 2.77. The van der Waals surface area contributed by atoms with Gasteiger partial charge in [-0.2, -0.15) is 0 Å². The first-order valence-electron chi connectivity index (χ1n) is 5.29. The second-order valence-electron chi connectivity index (χ2n) is 3.72. The van der Waals surface area contributed by atoms with Crippen LogP contribution in [0, 0.1) is 0 Å². The molecule has 3 nitrogen and oxygen atoms in total. The molecule has 0 atom stereocenters. The summed E-state index contributed by atoms with van der Waals surface area (Å²) in [5.41, 5.74) is 1.41. The summed E-state index contributed by atoms with van der Waals surface area (Å²) in [6.45, 7) is 2.44. The average molecular weight is 217 g/mol. The van der Waals surface area contributed by atoms with Crippen LogP contribution in [-0.4, -0.2) is 20.7 Å². The van der Waals surface area contributed by atoms with Crippen LogP contribution in [0.5, 0.6) is 0 Å². The molecule has 1 aliphatic carbocycles. The highest BCUT2D eigenvalue weighted by Gasteiger charge is 2.09. The molecule has 0 saturated heterocycles. The van der Waals surface area contributed by atoms with Crippen LogP contribution in [0.25, 0.3) is 0 Å². The van der Waals surface area contributed by atoms with Crippen molar-refractivity contribution in [1.29, 1.82) is 0 Å². The van der Waals surface area contributed by atoms with Gasteiger partial charge in [-0.05, 0) is 32.1 Å². The molecule has 0 fully saturated rings. The van der Waals surface area contributed by atoms with Gasteiger partial charge in [0.25, 0.3) is 0 Å². The van der Waals surface area contributed by atoms with Crippen molar-refractivity contribution in [2.24, 2.45) is 0 Å². The maximum absolute atomic E-state index is 11.3. The van der Waals surface area contributed by atoms with Crippen molar-refractivity contribution in [1.82, 2.24) is 4.72 Å². The lowest BCUT2D eigenvalue weighted by Crippen LogP contribution is -2.27. The van der Waals surface area contributed by atoms with Gasteiger partial charge in [-0.3, -0.25) is 0 Å². The average Bonchev–Trinajstić information content (AvgIpc) is 2.56. The van der Waals surface area contributed by atoms with Crippen molar-refractivity contribution < 1.29 is 8.42 Å². The van der Waals surface area contributed by atoms with E-state index < -0.39 is 10.0 Å². The topological polar surface area (TPSA) is 46.2 Å². The Morgan fingerprint density at radius 3 is 2.86 bits per heavy atom. The predicted molar refractivity (Wildman–Crippen MR) is 58.6 cm³/mol. The minimum atomic E-state index is -3.00. The van der Waals surface area contributed by atoms with Gasteiger partial charge in [0.1, 0.15) is 0 Å². The van der Waals surface area contributed by atoms with Gasteiger partial charge in [-0.25, -0.2) is 13.1 Å². The molecule has 1 N–H and O–H groups in total. The second kappa shape index (κ2) is 5.51. The fourth-order valence-electron chi connectivity index (χ4n) is 1.67. The lowest BCUT2D eigenvalue weighted by Gasteiger charge is -2.05. The van der Waals surface area contributed by atoms with Crippen molar-refractivity contribution in [2.75, 3.05) is 12.3 Å². The zero-order chi connectivity index (χ0) is 10.4. The van der Waals surface area contributed by atoms with Crippen LogP contribution >= 0.6 is 0 Å². The van der Waals surface area contributed by atoms with E-state index in [1.54, 1.807) is 0 Å². The summed E-state index contributed by atoms with van der Waals surface area (Å²) in [5, 5.41) is 0. The van der Waals surface area contributed by atoms with Gasteiger partial charge < -0.3 is 0 Å². The van der Waals surface area contributed by atoms with Crippen LogP contribution in [0.3, 0.4) is 0 Å². The molecule has 0 spiro atoms. The predicted octanol–water partition coefficient (Wildman–Crippen LogP) is 1.82. The van der Waals surface area contributed by atoms with Gasteiger partial charge in [0.05, 0.1) is 5.75 Å². The molecule has 0 heterocycles. The Kier molecular flexibility index (Phi) is 4.62. The molecule has 82 valence electrons. The highest BCUT2D eigenvalue weighted by Crippen LogP contribution is 2.19. The van der Waals surface area contributed by atoms with E-state index in [-0.39, 0.29) is 5.75 Å². The van der Waals surface area contributed by atoms with E-state index in [4.69, 9.17) is 0 Å². The van der Waals surface area contributed by atoms with Crippen molar-refractivity contribution in [3.8, 4) is 0 Å². The monoisotopic (exact) mass is 217 g/mol. The summed E-state index contributed by atoms with van der Waals surface area (Å²) in [5.74, 6) is 0.242. The Morgan fingerprint density at radius 1 is 1.50 bits per heavy atom. The number of nitrogens with one attached hydrogen (secondary N) is 1. The molecule has 0 aromatic heterocycles. The summed E-state index contributed by atoms with van der Waals surface area (Å²) < 4.78 is 25.2. The standard InChI is InChI=1S/C10H19NO2S/c1-2-9-14(12,13)11-8-7-10-5-3-4-6-10/h5,11H,2-4,6-9H2,1H3. The molecule has 0 bridgehead atoms. The van der Waals surface area contributed by atoms with Gasteiger partial charge in [0.15, 0.2) is 0 Å². The molecule has 0 aromatic rings. The smallest absolute Gasteiger partial charge is 0.211 e. The first-order valence-corrected chi connectivity index (χ1v) is 6.94. The molecule has 0 aromatic carbocycles. The van der Waals surface area contributed by atoms with Crippen molar-refractivity contribution in [3.05, 3.63) is 11.6 Å². The maximum atomic E-state index is 11.3. The minimum absolute atomic E-state index is 0.242. The van der Waals surface area contributed by atoms with Crippen LogP contribution < -0.4 is 4.72 Å². The molecule has 4 heteroatoms. The third-order valence-corrected chi connectivity index (χ3v) is 3.97. The molecule has 1 rings (SSSR count). The van der Waals surface area contributed by atoms with Gasteiger partial charge in [0.2, 0.25) is 10.0 Å². The minimum Gasteiger partial charge on any atom is -0.215 e.